The first-order chi connectivity index (χ1) is 7.16. The third kappa shape index (κ3) is 2.59. The molecule has 15 heavy (non-hydrogen) atoms. The van der Waals surface area contributed by atoms with Crippen LogP contribution < -0.4 is 5.32 Å². The molecule has 5 heteroatoms. The molecule has 1 aromatic rings. The molecule has 1 atom stereocenters. The Morgan fingerprint density at radius 3 is 3.00 bits per heavy atom. The highest BCUT2D eigenvalue weighted by Crippen LogP contribution is 2.27. The quantitative estimate of drug-likeness (QED) is 0.781. The van der Waals surface area contributed by atoms with E-state index >= 15 is 0 Å². The second kappa shape index (κ2) is 4.63. The highest BCUT2D eigenvalue weighted by atomic mass is 79.9. The van der Waals surface area contributed by atoms with Crippen molar-refractivity contribution in [2.45, 2.75) is 31.9 Å². The van der Waals surface area contributed by atoms with Crippen molar-refractivity contribution < 1.29 is 5.11 Å². The summed E-state index contributed by atoms with van der Waals surface area (Å²) in [4.78, 5) is 0. The second-order valence-corrected chi connectivity index (χ2v) is 5.11. The van der Waals surface area contributed by atoms with Crippen molar-refractivity contribution in [3.8, 4) is 0 Å². The summed E-state index contributed by atoms with van der Waals surface area (Å²) in [5, 5.41) is 19.5. The topological polar surface area (TPSA) is 60.9 Å². The molecule has 3 N–H and O–H groups in total. The Kier molecular flexibility index (Phi) is 3.43. The van der Waals surface area contributed by atoms with Gasteiger partial charge in [0.05, 0.1) is 22.5 Å². The summed E-state index contributed by atoms with van der Waals surface area (Å²) in [5.41, 5.74) is 1.08. The van der Waals surface area contributed by atoms with Crippen molar-refractivity contribution in [3.63, 3.8) is 0 Å². The molecule has 1 aromatic heterocycles. The molecule has 0 bridgehead atoms. The minimum Gasteiger partial charge on any atom is -0.393 e. The molecule has 0 saturated heterocycles. The van der Waals surface area contributed by atoms with Crippen LogP contribution in [0.2, 0.25) is 0 Å². The maximum Gasteiger partial charge on any atom is 0.0660 e. The zero-order chi connectivity index (χ0) is 10.8. The zero-order valence-electron chi connectivity index (χ0n) is 8.70. The number of nitrogens with one attached hydrogen (secondary N) is 2. The van der Waals surface area contributed by atoms with Crippen LogP contribution in [-0.2, 0) is 0 Å². The van der Waals surface area contributed by atoms with Gasteiger partial charge < -0.3 is 10.4 Å². The third-order valence-electron chi connectivity index (χ3n) is 2.98. The van der Waals surface area contributed by atoms with Crippen LogP contribution in [0.1, 0.15) is 31.5 Å². The van der Waals surface area contributed by atoms with Crippen LogP contribution in [0, 0.1) is 5.92 Å². The normalized spacial score (nSPS) is 27.4. The Labute approximate surface area is 97.6 Å². The van der Waals surface area contributed by atoms with Gasteiger partial charge in [0.1, 0.15) is 0 Å². The van der Waals surface area contributed by atoms with Crippen LogP contribution >= 0.6 is 15.9 Å². The highest BCUT2D eigenvalue weighted by molar-refractivity contribution is 9.10. The van der Waals surface area contributed by atoms with E-state index in [0.717, 1.165) is 29.6 Å². The first-order valence-corrected chi connectivity index (χ1v) is 6.06. The van der Waals surface area contributed by atoms with Crippen LogP contribution in [0.5, 0.6) is 0 Å². The molecule has 1 heterocycles. The molecule has 84 valence electrons. The number of aliphatic hydroxyl groups excluding tert-OH is 1. The van der Waals surface area contributed by atoms with Crippen LogP contribution in [0.25, 0.3) is 0 Å². The Balaban J connectivity index is 1.78. The number of aromatic amines is 1. The lowest BCUT2D eigenvalue weighted by Gasteiger charge is -2.32. The summed E-state index contributed by atoms with van der Waals surface area (Å²) in [6.07, 6.45) is 3.57. The van der Waals surface area contributed by atoms with Gasteiger partial charge in [-0.2, -0.15) is 5.10 Å². The largest absolute Gasteiger partial charge is 0.393 e. The van der Waals surface area contributed by atoms with Crippen molar-refractivity contribution in [2.75, 3.05) is 6.54 Å². The van der Waals surface area contributed by atoms with E-state index in [1.807, 2.05) is 0 Å². The number of aromatic nitrogens is 2. The molecule has 1 saturated carbocycles. The molecular formula is C10H16BrN3O. The van der Waals surface area contributed by atoms with E-state index in [4.69, 9.17) is 5.11 Å². The SMILES string of the molecule is CC(NCC1CC(O)C1)c1[nH]ncc1Br. The van der Waals surface area contributed by atoms with Crippen molar-refractivity contribution >= 4 is 15.9 Å². The summed E-state index contributed by atoms with van der Waals surface area (Å²) in [7, 11) is 0. The van der Waals surface area contributed by atoms with E-state index in [0.29, 0.717) is 5.92 Å². The monoisotopic (exact) mass is 273 g/mol. The molecule has 4 nitrogen and oxygen atoms in total. The summed E-state index contributed by atoms with van der Waals surface area (Å²) < 4.78 is 1.01. The standard InChI is InChI=1S/C10H16BrN3O/c1-6(10-9(11)5-13-14-10)12-4-7-2-8(15)3-7/h5-8,12,15H,2-4H2,1H3,(H,13,14). The van der Waals surface area contributed by atoms with Crippen LogP contribution in [0.3, 0.4) is 0 Å². The smallest absolute Gasteiger partial charge is 0.0660 e. The fourth-order valence-electron chi connectivity index (χ4n) is 1.90. The highest BCUT2D eigenvalue weighted by Gasteiger charge is 2.27. The summed E-state index contributed by atoms with van der Waals surface area (Å²) in [6.45, 7) is 3.07. The van der Waals surface area contributed by atoms with E-state index < -0.39 is 0 Å². The summed E-state index contributed by atoms with van der Waals surface area (Å²) in [6, 6.07) is 0.264. The maximum absolute atomic E-state index is 9.16. The van der Waals surface area contributed by atoms with Gasteiger partial charge in [-0.3, -0.25) is 5.10 Å². The van der Waals surface area contributed by atoms with Crippen molar-refractivity contribution in [2.24, 2.45) is 5.92 Å². The fraction of sp³-hybridized carbons (Fsp3) is 0.700. The van der Waals surface area contributed by atoms with Gasteiger partial charge in [0.25, 0.3) is 0 Å². The molecule has 0 amide bonds. The van der Waals surface area contributed by atoms with Crippen molar-refractivity contribution in [1.82, 2.24) is 15.5 Å². The number of nitrogens with zero attached hydrogens (tertiary/aromatic N) is 1. The lowest BCUT2D eigenvalue weighted by atomic mass is 9.82. The van der Waals surface area contributed by atoms with E-state index in [1.54, 1.807) is 6.20 Å². The maximum atomic E-state index is 9.16. The van der Waals surface area contributed by atoms with E-state index in [2.05, 4.69) is 38.4 Å². The van der Waals surface area contributed by atoms with Crippen molar-refractivity contribution in [3.05, 3.63) is 16.4 Å². The molecule has 0 spiro atoms. The molecule has 0 aromatic carbocycles. The lowest BCUT2D eigenvalue weighted by molar-refractivity contribution is 0.0420. The summed E-state index contributed by atoms with van der Waals surface area (Å²) in [5.74, 6) is 0.629. The average molecular weight is 274 g/mol. The second-order valence-electron chi connectivity index (χ2n) is 4.25. The van der Waals surface area contributed by atoms with Gasteiger partial charge in [0.15, 0.2) is 0 Å². The molecular weight excluding hydrogens is 258 g/mol. The Hall–Kier alpha value is -0.390. The Morgan fingerprint density at radius 2 is 2.47 bits per heavy atom. The Bertz CT molecular complexity index is 322. The number of hydrogen-bond acceptors (Lipinski definition) is 3. The number of aliphatic hydroxyl groups is 1. The van der Waals surface area contributed by atoms with Gasteiger partial charge in [0, 0.05) is 6.04 Å². The average Bonchev–Trinajstić information content (AvgIpc) is 2.57. The lowest BCUT2D eigenvalue weighted by Crippen LogP contribution is -2.37. The third-order valence-corrected chi connectivity index (χ3v) is 3.61. The number of halogens is 1. The molecule has 2 rings (SSSR count). The first-order valence-electron chi connectivity index (χ1n) is 5.27. The fourth-order valence-corrected chi connectivity index (χ4v) is 2.43. The van der Waals surface area contributed by atoms with Crippen molar-refractivity contribution in [1.29, 1.82) is 0 Å². The number of H-pyrrole nitrogens is 1. The van der Waals surface area contributed by atoms with Gasteiger partial charge in [-0.25, -0.2) is 0 Å². The predicted octanol–water partition coefficient (Wildman–Crippen LogP) is 1.59. The molecule has 0 radical (unpaired) electrons. The van der Waals surface area contributed by atoms with Gasteiger partial charge in [-0.05, 0) is 48.2 Å². The van der Waals surface area contributed by atoms with Gasteiger partial charge in [-0.15, -0.1) is 0 Å². The van der Waals surface area contributed by atoms with E-state index in [9.17, 15) is 0 Å². The van der Waals surface area contributed by atoms with Crippen LogP contribution in [-0.4, -0.2) is 28.0 Å². The zero-order valence-corrected chi connectivity index (χ0v) is 10.3. The minimum atomic E-state index is -0.0639. The molecule has 1 fully saturated rings. The number of rotatable bonds is 4. The minimum absolute atomic E-state index is 0.0639. The Morgan fingerprint density at radius 1 is 1.73 bits per heavy atom. The van der Waals surface area contributed by atoms with Gasteiger partial charge in [-0.1, -0.05) is 0 Å². The van der Waals surface area contributed by atoms with Crippen LogP contribution in [0.15, 0.2) is 10.7 Å². The van der Waals surface area contributed by atoms with Gasteiger partial charge in [0.2, 0.25) is 0 Å². The molecule has 1 unspecified atom stereocenters. The molecule has 1 aliphatic carbocycles. The van der Waals surface area contributed by atoms with Gasteiger partial charge >= 0.3 is 0 Å². The van der Waals surface area contributed by atoms with E-state index in [1.165, 1.54) is 0 Å². The van der Waals surface area contributed by atoms with Crippen LogP contribution in [0.4, 0.5) is 0 Å². The molecule has 0 aliphatic heterocycles. The van der Waals surface area contributed by atoms with E-state index in [-0.39, 0.29) is 12.1 Å². The first kappa shape index (κ1) is 11.1. The predicted molar refractivity (Wildman–Crippen MR) is 61.4 cm³/mol. The summed E-state index contributed by atoms with van der Waals surface area (Å²) >= 11 is 3.44. The number of hydrogen-bond donors (Lipinski definition) is 3. The molecule has 1 aliphatic rings.